The first-order valence-electron chi connectivity index (χ1n) is 8.64. The molecule has 1 unspecified atom stereocenters. The van der Waals surface area contributed by atoms with Gasteiger partial charge in [0.25, 0.3) is 0 Å². The van der Waals surface area contributed by atoms with Crippen molar-refractivity contribution in [2.24, 2.45) is 0 Å². The van der Waals surface area contributed by atoms with Gasteiger partial charge in [0.2, 0.25) is 10.0 Å². The summed E-state index contributed by atoms with van der Waals surface area (Å²) in [6.07, 6.45) is -1.64. The molecule has 0 radical (unpaired) electrons. The second kappa shape index (κ2) is 8.30. The van der Waals surface area contributed by atoms with E-state index in [1.54, 1.807) is 18.2 Å². The molecule has 0 spiro atoms. The number of aromatic nitrogens is 1. The minimum atomic E-state index is -4.72. The zero-order valence-electron chi connectivity index (χ0n) is 15.0. The highest BCUT2D eigenvalue weighted by Gasteiger charge is 2.31. The molecule has 1 aromatic carbocycles. The van der Waals surface area contributed by atoms with E-state index >= 15 is 0 Å². The van der Waals surface area contributed by atoms with Gasteiger partial charge in [-0.25, -0.2) is 13.4 Å². The van der Waals surface area contributed by atoms with E-state index in [0.29, 0.717) is 18.1 Å². The molecule has 2 heterocycles. The number of alkyl halides is 3. The Morgan fingerprint density at radius 2 is 1.75 bits per heavy atom. The number of pyridine rings is 1. The van der Waals surface area contributed by atoms with Crippen LogP contribution in [0.1, 0.15) is 30.6 Å². The summed E-state index contributed by atoms with van der Waals surface area (Å²) in [5, 5.41) is 0.539. The molecule has 10 heteroatoms. The van der Waals surface area contributed by atoms with Gasteiger partial charge in [0, 0.05) is 24.5 Å². The van der Waals surface area contributed by atoms with Crippen LogP contribution in [0.15, 0.2) is 52.5 Å². The van der Waals surface area contributed by atoms with Gasteiger partial charge in [0.05, 0.1) is 5.03 Å². The Labute approximate surface area is 166 Å². The number of rotatable bonds is 6. The lowest BCUT2D eigenvalue weighted by molar-refractivity contribution is -0.274. The van der Waals surface area contributed by atoms with Gasteiger partial charge in [-0.2, -0.15) is 4.31 Å². The van der Waals surface area contributed by atoms with E-state index in [9.17, 15) is 21.6 Å². The van der Waals surface area contributed by atoms with Crippen LogP contribution in [0.25, 0.3) is 0 Å². The number of hydrogen-bond donors (Lipinski definition) is 0. The number of thioether (sulfide) groups is 1. The van der Waals surface area contributed by atoms with Crippen molar-refractivity contribution < 1.29 is 26.3 Å². The van der Waals surface area contributed by atoms with Crippen molar-refractivity contribution in [2.75, 3.05) is 13.1 Å². The van der Waals surface area contributed by atoms with Crippen molar-refractivity contribution in [3.63, 3.8) is 0 Å². The van der Waals surface area contributed by atoms with Gasteiger partial charge in [0.15, 0.2) is 0 Å². The Morgan fingerprint density at radius 1 is 1.11 bits per heavy atom. The number of nitrogens with zero attached hydrogens (tertiary/aromatic N) is 2. The molecule has 0 amide bonds. The second-order valence-corrected chi connectivity index (χ2v) is 9.62. The van der Waals surface area contributed by atoms with Crippen LogP contribution in [0, 0.1) is 0 Å². The Hall–Kier alpha value is -1.78. The van der Waals surface area contributed by atoms with E-state index < -0.39 is 16.4 Å². The van der Waals surface area contributed by atoms with E-state index in [1.165, 1.54) is 40.5 Å². The fraction of sp³-hybridized carbons (Fsp3) is 0.389. The van der Waals surface area contributed by atoms with Gasteiger partial charge in [-0.05, 0) is 49.6 Å². The minimum absolute atomic E-state index is 0.0894. The lowest BCUT2D eigenvalue weighted by atomic mass is 10.2. The molecule has 1 aliphatic rings. The Kier molecular flexibility index (Phi) is 6.21. The molecule has 5 nitrogen and oxygen atoms in total. The lowest BCUT2D eigenvalue weighted by Gasteiger charge is -2.16. The van der Waals surface area contributed by atoms with Crippen LogP contribution in [0.3, 0.4) is 0 Å². The van der Waals surface area contributed by atoms with Crippen molar-refractivity contribution in [3.05, 3.63) is 48.2 Å². The molecule has 3 rings (SSSR count). The molecule has 28 heavy (non-hydrogen) atoms. The smallest absolute Gasteiger partial charge is 0.406 e. The maximum atomic E-state index is 12.5. The van der Waals surface area contributed by atoms with Crippen molar-refractivity contribution in [1.82, 2.24) is 9.29 Å². The van der Waals surface area contributed by atoms with E-state index in [0.717, 1.165) is 18.4 Å². The van der Waals surface area contributed by atoms with Gasteiger partial charge in [0.1, 0.15) is 10.6 Å². The SMILES string of the molecule is CC(Sc1ccc(S(=O)(=O)N2CCCC2)cn1)c1ccc(OC(F)(F)F)cc1. The van der Waals surface area contributed by atoms with Crippen molar-refractivity contribution in [2.45, 2.75) is 41.3 Å². The molecule has 1 atom stereocenters. The zero-order chi connectivity index (χ0) is 20.4. The second-order valence-electron chi connectivity index (χ2n) is 6.32. The topological polar surface area (TPSA) is 59.5 Å². The summed E-state index contributed by atoms with van der Waals surface area (Å²) < 4.78 is 67.0. The van der Waals surface area contributed by atoms with Crippen LogP contribution in [0.5, 0.6) is 5.75 Å². The molecule has 2 aromatic rings. The first kappa shape index (κ1) is 20.9. The van der Waals surface area contributed by atoms with Gasteiger partial charge < -0.3 is 4.74 Å². The van der Waals surface area contributed by atoms with Gasteiger partial charge in [-0.1, -0.05) is 23.9 Å². The summed E-state index contributed by atoms with van der Waals surface area (Å²) in [5.74, 6) is -0.275. The molecule has 1 aromatic heterocycles. The van der Waals surface area contributed by atoms with E-state index in [1.807, 2.05) is 6.92 Å². The highest BCUT2D eigenvalue weighted by molar-refractivity contribution is 7.99. The number of halogens is 3. The maximum absolute atomic E-state index is 12.5. The Balaban J connectivity index is 1.65. The third-order valence-electron chi connectivity index (χ3n) is 4.29. The first-order valence-corrected chi connectivity index (χ1v) is 11.0. The molecule has 1 saturated heterocycles. The molecular weight excluding hydrogens is 413 g/mol. The summed E-state index contributed by atoms with van der Waals surface area (Å²) in [5.41, 5.74) is 0.801. The number of benzene rings is 1. The lowest BCUT2D eigenvalue weighted by Crippen LogP contribution is -2.27. The predicted octanol–water partition coefficient (Wildman–Crippen LogP) is 4.62. The Bertz CT molecular complexity index is 895. The molecule has 1 fully saturated rings. The van der Waals surface area contributed by atoms with E-state index in [2.05, 4.69) is 9.72 Å². The summed E-state index contributed by atoms with van der Waals surface area (Å²) in [6.45, 7) is 2.95. The van der Waals surface area contributed by atoms with Crippen LogP contribution in [0.4, 0.5) is 13.2 Å². The number of hydrogen-bond acceptors (Lipinski definition) is 5. The van der Waals surface area contributed by atoms with E-state index in [4.69, 9.17) is 0 Å². The van der Waals surface area contributed by atoms with Gasteiger partial charge in [-0.15, -0.1) is 13.2 Å². The largest absolute Gasteiger partial charge is 0.573 e. The summed E-state index contributed by atoms with van der Waals surface area (Å²) in [4.78, 5) is 4.40. The normalized spacial score (nSPS) is 16.9. The average molecular weight is 432 g/mol. The van der Waals surface area contributed by atoms with Gasteiger partial charge >= 0.3 is 6.36 Å². The third kappa shape index (κ3) is 5.18. The fourth-order valence-electron chi connectivity index (χ4n) is 2.86. The summed E-state index contributed by atoms with van der Waals surface area (Å²) in [7, 11) is -3.50. The Morgan fingerprint density at radius 3 is 2.29 bits per heavy atom. The van der Waals surface area contributed by atoms with Crippen LogP contribution >= 0.6 is 11.8 Å². The molecular formula is C18H19F3N2O3S2. The molecule has 0 bridgehead atoms. The molecule has 0 aliphatic carbocycles. The number of sulfonamides is 1. The molecule has 152 valence electrons. The molecule has 1 aliphatic heterocycles. The van der Waals surface area contributed by atoms with E-state index in [-0.39, 0.29) is 15.9 Å². The van der Waals surface area contributed by atoms with Crippen LogP contribution in [-0.4, -0.2) is 37.2 Å². The summed E-state index contributed by atoms with van der Waals surface area (Å²) >= 11 is 1.38. The highest BCUT2D eigenvalue weighted by atomic mass is 32.2. The van der Waals surface area contributed by atoms with Crippen molar-refractivity contribution in [3.8, 4) is 5.75 Å². The monoisotopic (exact) mass is 432 g/mol. The van der Waals surface area contributed by atoms with Crippen LogP contribution in [-0.2, 0) is 10.0 Å². The number of ether oxygens (including phenoxy) is 1. The first-order chi connectivity index (χ1) is 13.1. The minimum Gasteiger partial charge on any atom is -0.406 e. The van der Waals surface area contributed by atoms with Crippen LogP contribution < -0.4 is 4.74 Å². The van der Waals surface area contributed by atoms with Crippen molar-refractivity contribution in [1.29, 1.82) is 0 Å². The standard InChI is InChI=1S/C18H19F3N2O3S2/c1-13(14-4-6-15(7-5-14)26-18(19,20)21)27-17-9-8-16(12-22-17)28(24,25)23-10-2-3-11-23/h4-9,12-13H,2-3,10-11H2,1H3. The quantitative estimate of drug-likeness (QED) is 0.624. The van der Waals surface area contributed by atoms with Gasteiger partial charge in [-0.3, -0.25) is 0 Å². The maximum Gasteiger partial charge on any atom is 0.573 e. The van der Waals surface area contributed by atoms with Crippen molar-refractivity contribution >= 4 is 21.8 Å². The average Bonchev–Trinajstić information content (AvgIpc) is 3.17. The molecule has 0 N–H and O–H groups in total. The summed E-state index contributed by atoms with van der Waals surface area (Å²) in [6, 6.07) is 8.83. The third-order valence-corrected chi connectivity index (χ3v) is 7.28. The highest BCUT2D eigenvalue weighted by Crippen LogP contribution is 2.35. The van der Waals surface area contributed by atoms with Crippen LogP contribution in [0.2, 0.25) is 0 Å². The zero-order valence-corrected chi connectivity index (χ0v) is 16.6. The molecule has 0 saturated carbocycles. The predicted molar refractivity (Wildman–Crippen MR) is 99.6 cm³/mol. The fourth-order valence-corrected chi connectivity index (χ4v) is 5.23.